The van der Waals surface area contributed by atoms with Crippen molar-refractivity contribution in [2.45, 2.75) is 0 Å². The maximum Gasteiger partial charge on any atom is 0.355 e. The minimum absolute atomic E-state index is 0.0948. The maximum absolute atomic E-state index is 10.4. The van der Waals surface area contributed by atoms with Gasteiger partial charge in [-0.15, -0.1) is 0 Å². The Morgan fingerprint density at radius 3 is 2.73 bits per heavy atom. The van der Waals surface area contributed by atoms with Crippen LogP contribution in [0.15, 0.2) is 10.8 Å². The van der Waals surface area contributed by atoms with Gasteiger partial charge < -0.3 is 5.11 Å². The molecule has 0 bridgehead atoms. The first kappa shape index (κ1) is 8.42. The van der Waals surface area contributed by atoms with Crippen LogP contribution in [0.4, 0.5) is 0 Å². The molecule has 1 heterocycles. The number of aromatic nitrogens is 2. The Balaban J connectivity index is 3.27. The average molecular weight is 237 g/mol. The highest BCUT2D eigenvalue weighted by Crippen LogP contribution is 2.21. The molecule has 1 N–H and O–H groups in total. The molecule has 0 spiro atoms. The molecular weight excluding hydrogens is 235 g/mol. The Kier molecular flexibility index (Phi) is 2.41. The predicted octanol–water partition coefficient (Wildman–Crippen LogP) is 1.59. The number of hydrogen-bond acceptors (Lipinski definition) is 3. The summed E-state index contributed by atoms with van der Waals surface area (Å²) < 4.78 is 0.203. The van der Waals surface area contributed by atoms with E-state index in [1.807, 2.05) is 0 Å². The average Bonchev–Trinajstić information content (AvgIpc) is 1.94. The monoisotopic (exact) mass is 236 g/mol. The smallest absolute Gasteiger partial charge is 0.355 e. The van der Waals surface area contributed by atoms with Crippen LogP contribution in [-0.2, 0) is 0 Å². The molecule has 1 aromatic heterocycles. The van der Waals surface area contributed by atoms with E-state index in [9.17, 15) is 4.79 Å². The van der Waals surface area contributed by atoms with Crippen LogP contribution in [0.2, 0.25) is 5.15 Å². The summed E-state index contributed by atoms with van der Waals surface area (Å²) in [6.07, 6.45) is 1.09. The number of halogens is 2. The number of hydrogen-bond donors (Lipinski definition) is 1. The third-order valence-electron chi connectivity index (χ3n) is 0.950. The fourth-order valence-corrected chi connectivity index (χ4v) is 1.00. The summed E-state index contributed by atoms with van der Waals surface area (Å²) in [6, 6.07) is 0. The molecule has 0 atom stereocenters. The SMILES string of the molecule is O=C(O)c1ncnc(Cl)c1Br. The zero-order valence-electron chi connectivity index (χ0n) is 5.08. The van der Waals surface area contributed by atoms with Crippen LogP contribution < -0.4 is 0 Å². The van der Waals surface area contributed by atoms with Crippen molar-refractivity contribution in [1.29, 1.82) is 0 Å². The zero-order chi connectivity index (χ0) is 8.43. The van der Waals surface area contributed by atoms with E-state index in [0.717, 1.165) is 6.33 Å². The third-order valence-corrected chi connectivity index (χ3v) is 2.22. The van der Waals surface area contributed by atoms with E-state index >= 15 is 0 Å². The van der Waals surface area contributed by atoms with E-state index < -0.39 is 5.97 Å². The molecule has 0 saturated heterocycles. The summed E-state index contributed by atoms with van der Waals surface area (Å²) in [5.41, 5.74) is -0.134. The fourth-order valence-electron chi connectivity index (χ4n) is 0.497. The lowest BCUT2D eigenvalue weighted by atomic mass is 10.4. The van der Waals surface area contributed by atoms with Crippen LogP contribution in [0.3, 0.4) is 0 Å². The van der Waals surface area contributed by atoms with Crippen molar-refractivity contribution in [3.63, 3.8) is 0 Å². The fraction of sp³-hybridized carbons (Fsp3) is 0. The van der Waals surface area contributed by atoms with Crippen molar-refractivity contribution in [3.8, 4) is 0 Å². The summed E-state index contributed by atoms with van der Waals surface area (Å²) in [5, 5.41) is 8.61. The number of carboxylic acid groups (broad SMARTS) is 1. The van der Waals surface area contributed by atoms with E-state index in [2.05, 4.69) is 25.9 Å². The standard InChI is InChI=1S/C5H2BrClN2O2/c6-2-3(5(10)11)8-1-9-4(2)7/h1H,(H,10,11). The van der Waals surface area contributed by atoms with Crippen molar-refractivity contribution >= 4 is 33.5 Å². The molecular formula is C5H2BrClN2O2. The first-order valence-corrected chi connectivity index (χ1v) is 3.69. The Morgan fingerprint density at radius 1 is 1.64 bits per heavy atom. The van der Waals surface area contributed by atoms with Gasteiger partial charge in [0, 0.05) is 0 Å². The molecule has 0 aliphatic carbocycles. The minimum atomic E-state index is -1.14. The van der Waals surface area contributed by atoms with Gasteiger partial charge in [0.05, 0.1) is 4.47 Å². The second-order valence-electron chi connectivity index (χ2n) is 1.63. The highest BCUT2D eigenvalue weighted by Gasteiger charge is 2.12. The summed E-state index contributed by atoms with van der Waals surface area (Å²) in [6.45, 7) is 0. The number of aromatic carboxylic acids is 1. The van der Waals surface area contributed by atoms with Crippen molar-refractivity contribution in [1.82, 2.24) is 9.97 Å². The molecule has 4 nitrogen and oxygen atoms in total. The molecule has 0 aliphatic rings. The normalized spacial score (nSPS) is 9.64. The largest absolute Gasteiger partial charge is 0.476 e. The Bertz CT molecular complexity index is 305. The van der Waals surface area contributed by atoms with Crippen LogP contribution in [-0.4, -0.2) is 21.0 Å². The Morgan fingerprint density at radius 2 is 2.27 bits per heavy atom. The van der Waals surface area contributed by atoms with Gasteiger partial charge in [0.15, 0.2) is 5.69 Å². The molecule has 1 rings (SSSR count). The highest BCUT2D eigenvalue weighted by molar-refractivity contribution is 9.10. The lowest BCUT2D eigenvalue weighted by molar-refractivity contribution is 0.0689. The van der Waals surface area contributed by atoms with E-state index in [1.54, 1.807) is 0 Å². The van der Waals surface area contributed by atoms with Gasteiger partial charge in [-0.3, -0.25) is 0 Å². The quantitative estimate of drug-likeness (QED) is 0.754. The molecule has 0 amide bonds. The second-order valence-corrected chi connectivity index (χ2v) is 2.78. The highest BCUT2D eigenvalue weighted by atomic mass is 79.9. The summed E-state index contributed by atoms with van der Waals surface area (Å²) in [7, 11) is 0. The Hall–Kier alpha value is -0.680. The molecule has 0 aromatic carbocycles. The molecule has 0 unspecified atom stereocenters. The third kappa shape index (κ3) is 1.66. The van der Waals surface area contributed by atoms with Crippen molar-refractivity contribution in [2.24, 2.45) is 0 Å². The van der Waals surface area contributed by atoms with Gasteiger partial charge in [0.2, 0.25) is 0 Å². The van der Waals surface area contributed by atoms with Gasteiger partial charge >= 0.3 is 5.97 Å². The Labute approximate surface area is 75.4 Å². The van der Waals surface area contributed by atoms with E-state index in [0.29, 0.717) is 0 Å². The topological polar surface area (TPSA) is 63.1 Å². The first-order valence-electron chi connectivity index (χ1n) is 2.52. The number of rotatable bonds is 1. The number of nitrogens with zero attached hydrogens (tertiary/aromatic N) is 2. The van der Waals surface area contributed by atoms with Gasteiger partial charge in [0.25, 0.3) is 0 Å². The van der Waals surface area contributed by atoms with E-state index in [-0.39, 0.29) is 15.3 Å². The van der Waals surface area contributed by atoms with Crippen LogP contribution >= 0.6 is 27.5 Å². The molecule has 6 heteroatoms. The summed E-state index contributed by atoms with van der Waals surface area (Å²) in [4.78, 5) is 17.5. The van der Waals surface area contributed by atoms with Crippen LogP contribution in [0.25, 0.3) is 0 Å². The lowest BCUT2D eigenvalue weighted by Gasteiger charge is -1.96. The minimum Gasteiger partial charge on any atom is -0.476 e. The predicted molar refractivity (Wildman–Crippen MR) is 41.7 cm³/mol. The summed E-state index contributed by atoms with van der Waals surface area (Å²) >= 11 is 8.44. The van der Waals surface area contributed by atoms with Gasteiger partial charge in [0.1, 0.15) is 11.5 Å². The molecule has 58 valence electrons. The summed E-state index contributed by atoms with van der Waals surface area (Å²) in [5.74, 6) is -1.14. The van der Waals surface area contributed by atoms with Gasteiger partial charge in [-0.1, -0.05) is 11.6 Å². The van der Waals surface area contributed by atoms with Crippen molar-refractivity contribution < 1.29 is 9.90 Å². The zero-order valence-corrected chi connectivity index (χ0v) is 7.43. The van der Waals surface area contributed by atoms with Crippen LogP contribution in [0, 0.1) is 0 Å². The van der Waals surface area contributed by atoms with Gasteiger partial charge in [-0.05, 0) is 15.9 Å². The molecule has 0 fully saturated rings. The second kappa shape index (κ2) is 3.15. The van der Waals surface area contributed by atoms with Gasteiger partial charge in [-0.25, -0.2) is 14.8 Å². The molecule has 1 aromatic rings. The van der Waals surface area contributed by atoms with E-state index in [4.69, 9.17) is 16.7 Å². The lowest BCUT2D eigenvalue weighted by Crippen LogP contribution is -2.02. The number of carbonyl (C=O) groups is 1. The van der Waals surface area contributed by atoms with Crippen LogP contribution in [0.5, 0.6) is 0 Å². The molecule has 0 radical (unpaired) electrons. The molecule has 11 heavy (non-hydrogen) atoms. The molecule has 0 aliphatic heterocycles. The maximum atomic E-state index is 10.4. The van der Waals surface area contributed by atoms with Crippen LogP contribution in [0.1, 0.15) is 10.5 Å². The van der Waals surface area contributed by atoms with Crippen molar-refractivity contribution in [3.05, 3.63) is 21.6 Å². The first-order chi connectivity index (χ1) is 5.13. The van der Waals surface area contributed by atoms with E-state index in [1.165, 1.54) is 0 Å². The van der Waals surface area contributed by atoms with Crippen molar-refractivity contribution in [2.75, 3.05) is 0 Å². The number of carboxylic acids is 1. The van der Waals surface area contributed by atoms with Gasteiger partial charge in [-0.2, -0.15) is 0 Å². The molecule has 0 saturated carbocycles.